The molecule has 0 atom stereocenters. The molecular formula is C21H25ClN2O2. The summed E-state index contributed by atoms with van der Waals surface area (Å²) in [6.45, 7) is 7.73. The third-order valence-corrected chi connectivity index (χ3v) is 4.91. The van der Waals surface area contributed by atoms with E-state index >= 15 is 0 Å². The lowest BCUT2D eigenvalue weighted by Crippen LogP contribution is -2.42. The predicted molar refractivity (Wildman–Crippen MR) is 107 cm³/mol. The van der Waals surface area contributed by atoms with E-state index in [4.69, 9.17) is 16.3 Å². The van der Waals surface area contributed by atoms with Crippen molar-refractivity contribution in [1.29, 1.82) is 0 Å². The largest absolute Gasteiger partial charge is 0.478 e. The molecule has 26 heavy (non-hydrogen) atoms. The summed E-state index contributed by atoms with van der Waals surface area (Å²) < 4.78 is 5.86. The van der Waals surface area contributed by atoms with Gasteiger partial charge in [-0.25, -0.2) is 0 Å². The fourth-order valence-electron chi connectivity index (χ4n) is 3.08. The smallest absolute Gasteiger partial charge is 0.267 e. The van der Waals surface area contributed by atoms with E-state index in [2.05, 4.69) is 22.3 Å². The SMILES string of the molecule is Cc1cc(N2CCCC2)ccc1NC(=O)C(C)(C)Oc1ccc(Cl)cc1. The molecule has 0 spiro atoms. The van der Waals surface area contributed by atoms with Gasteiger partial charge in [-0.2, -0.15) is 0 Å². The van der Waals surface area contributed by atoms with Crippen molar-refractivity contribution in [3.8, 4) is 5.75 Å². The second-order valence-electron chi connectivity index (χ2n) is 7.21. The van der Waals surface area contributed by atoms with E-state index < -0.39 is 5.60 Å². The van der Waals surface area contributed by atoms with Crippen molar-refractivity contribution in [3.63, 3.8) is 0 Å². The lowest BCUT2D eigenvalue weighted by atomic mass is 10.1. The predicted octanol–water partition coefficient (Wildman–Crippen LogP) is 5.04. The Bertz CT molecular complexity index is 781. The number of rotatable bonds is 5. The van der Waals surface area contributed by atoms with Crippen LogP contribution in [0, 0.1) is 6.92 Å². The van der Waals surface area contributed by atoms with Crippen molar-refractivity contribution in [2.45, 2.75) is 39.2 Å². The number of ether oxygens (including phenoxy) is 1. The van der Waals surface area contributed by atoms with Crippen LogP contribution in [0.4, 0.5) is 11.4 Å². The molecule has 1 amide bonds. The Morgan fingerprint density at radius 3 is 2.38 bits per heavy atom. The summed E-state index contributed by atoms with van der Waals surface area (Å²) in [5.41, 5.74) is 2.07. The summed E-state index contributed by atoms with van der Waals surface area (Å²) >= 11 is 5.89. The fraction of sp³-hybridized carbons (Fsp3) is 0.381. The van der Waals surface area contributed by atoms with Crippen LogP contribution >= 0.6 is 11.6 Å². The highest BCUT2D eigenvalue weighted by molar-refractivity contribution is 6.30. The van der Waals surface area contributed by atoms with E-state index in [1.54, 1.807) is 38.1 Å². The van der Waals surface area contributed by atoms with E-state index in [9.17, 15) is 4.79 Å². The van der Waals surface area contributed by atoms with Gasteiger partial charge >= 0.3 is 0 Å². The van der Waals surface area contributed by atoms with E-state index in [0.717, 1.165) is 24.3 Å². The van der Waals surface area contributed by atoms with Crippen LogP contribution in [-0.2, 0) is 4.79 Å². The number of aryl methyl sites for hydroxylation is 1. The van der Waals surface area contributed by atoms with Gasteiger partial charge in [0.2, 0.25) is 0 Å². The normalized spacial score (nSPS) is 14.4. The zero-order valence-electron chi connectivity index (χ0n) is 15.5. The monoisotopic (exact) mass is 372 g/mol. The molecule has 0 aromatic heterocycles. The van der Waals surface area contributed by atoms with Crippen molar-refractivity contribution in [3.05, 3.63) is 53.1 Å². The molecule has 2 aromatic carbocycles. The number of carbonyl (C=O) groups excluding carboxylic acids is 1. The summed E-state index contributed by atoms with van der Waals surface area (Å²) in [4.78, 5) is 15.1. The van der Waals surface area contributed by atoms with Gasteiger partial charge in [0.25, 0.3) is 5.91 Å². The lowest BCUT2D eigenvalue weighted by molar-refractivity contribution is -0.128. The Morgan fingerprint density at radius 2 is 1.77 bits per heavy atom. The van der Waals surface area contributed by atoms with Gasteiger partial charge in [-0.05, 0) is 81.6 Å². The van der Waals surface area contributed by atoms with Crippen molar-refractivity contribution in [1.82, 2.24) is 0 Å². The number of nitrogens with one attached hydrogen (secondary N) is 1. The zero-order valence-corrected chi connectivity index (χ0v) is 16.3. The molecule has 1 heterocycles. The highest BCUT2D eigenvalue weighted by Gasteiger charge is 2.30. The van der Waals surface area contributed by atoms with Gasteiger partial charge in [0.05, 0.1) is 0 Å². The minimum absolute atomic E-state index is 0.190. The number of halogens is 1. The van der Waals surface area contributed by atoms with Crippen LogP contribution < -0.4 is 15.0 Å². The zero-order chi connectivity index (χ0) is 18.7. The number of hydrogen-bond acceptors (Lipinski definition) is 3. The highest BCUT2D eigenvalue weighted by atomic mass is 35.5. The molecule has 1 saturated heterocycles. The third-order valence-electron chi connectivity index (χ3n) is 4.66. The van der Waals surface area contributed by atoms with Crippen LogP contribution in [0.2, 0.25) is 5.02 Å². The molecule has 0 aliphatic carbocycles. The number of amides is 1. The summed E-state index contributed by atoms with van der Waals surface area (Å²) in [6.07, 6.45) is 2.49. The van der Waals surface area contributed by atoms with Gasteiger partial charge in [-0.1, -0.05) is 11.6 Å². The molecule has 2 aromatic rings. The van der Waals surface area contributed by atoms with Crippen LogP contribution in [0.5, 0.6) is 5.75 Å². The number of benzene rings is 2. The van der Waals surface area contributed by atoms with Crippen molar-refractivity contribution < 1.29 is 9.53 Å². The quantitative estimate of drug-likeness (QED) is 0.798. The number of nitrogens with zero attached hydrogens (tertiary/aromatic N) is 1. The van der Waals surface area contributed by atoms with Crippen LogP contribution in [0.1, 0.15) is 32.3 Å². The van der Waals surface area contributed by atoms with Gasteiger partial charge in [0.15, 0.2) is 5.60 Å². The maximum absolute atomic E-state index is 12.7. The van der Waals surface area contributed by atoms with Crippen LogP contribution in [0.15, 0.2) is 42.5 Å². The van der Waals surface area contributed by atoms with Crippen molar-refractivity contribution in [2.24, 2.45) is 0 Å². The number of hydrogen-bond donors (Lipinski definition) is 1. The van der Waals surface area contributed by atoms with Gasteiger partial charge in [-0.15, -0.1) is 0 Å². The van der Waals surface area contributed by atoms with E-state index in [0.29, 0.717) is 10.8 Å². The second kappa shape index (κ2) is 7.58. The molecular weight excluding hydrogens is 348 g/mol. The Morgan fingerprint density at radius 1 is 1.12 bits per heavy atom. The first kappa shape index (κ1) is 18.6. The summed E-state index contributed by atoms with van der Waals surface area (Å²) in [5.74, 6) is 0.417. The fourth-order valence-corrected chi connectivity index (χ4v) is 3.20. The summed E-state index contributed by atoms with van der Waals surface area (Å²) in [7, 11) is 0. The van der Waals surface area contributed by atoms with E-state index in [-0.39, 0.29) is 5.91 Å². The van der Waals surface area contributed by atoms with Crippen LogP contribution in [-0.4, -0.2) is 24.6 Å². The average Bonchev–Trinajstić information content (AvgIpc) is 3.13. The van der Waals surface area contributed by atoms with Crippen molar-refractivity contribution >= 4 is 28.9 Å². The molecule has 1 aliphatic rings. The molecule has 0 bridgehead atoms. The topological polar surface area (TPSA) is 41.6 Å². The first-order valence-electron chi connectivity index (χ1n) is 8.97. The molecule has 0 unspecified atom stereocenters. The Labute approximate surface area is 160 Å². The van der Waals surface area contributed by atoms with E-state index in [1.807, 2.05) is 13.0 Å². The molecule has 0 saturated carbocycles. The minimum atomic E-state index is -1.01. The molecule has 1 N–H and O–H groups in total. The maximum atomic E-state index is 12.7. The first-order valence-corrected chi connectivity index (χ1v) is 9.34. The lowest BCUT2D eigenvalue weighted by Gasteiger charge is -2.26. The number of anilines is 2. The molecule has 5 heteroatoms. The van der Waals surface area contributed by atoms with Crippen LogP contribution in [0.3, 0.4) is 0 Å². The standard InChI is InChI=1S/C21H25ClN2O2/c1-15-14-17(24-12-4-5-13-24)8-11-19(15)23-20(25)21(2,3)26-18-9-6-16(22)7-10-18/h6-11,14H,4-5,12-13H2,1-3H3,(H,23,25). The second-order valence-corrected chi connectivity index (χ2v) is 7.65. The summed E-state index contributed by atoms with van der Waals surface area (Å²) in [5, 5.41) is 3.62. The van der Waals surface area contributed by atoms with Gasteiger partial charge < -0.3 is 15.0 Å². The molecule has 1 aliphatic heterocycles. The van der Waals surface area contributed by atoms with Gasteiger partial charge in [-0.3, -0.25) is 4.79 Å². The Balaban J connectivity index is 1.68. The van der Waals surface area contributed by atoms with Gasteiger partial charge in [0.1, 0.15) is 5.75 Å². The third kappa shape index (κ3) is 4.31. The summed E-state index contributed by atoms with van der Waals surface area (Å²) in [6, 6.07) is 13.2. The molecule has 138 valence electrons. The number of carbonyl (C=O) groups is 1. The van der Waals surface area contributed by atoms with Crippen LogP contribution in [0.25, 0.3) is 0 Å². The first-order chi connectivity index (χ1) is 12.3. The highest BCUT2D eigenvalue weighted by Crippen LogP contribution is 2.27. The van der Waals surface area contributed by atoms with Gasteiger partial charge in [0, 0.05) is 29.5 Å². The molecule has 0 radical (unpaired) electrons. The Hall–Kier alpha value is -2.20. The molecule has 1 fully saturated rings. The molecule has 3 rings (SSSR count). The van der Waals surface area contributed by atoms with E-state index in [1.165, 1.54) is 18.5 Å². The Kier molecular flexibility index (Phi) is 5.42. The minimum Gasteiger partial charge on any atom is -0.478 e. The average molecular weight is 373 g/mol. The molecule has 4 nitrogen and oxygen atoms in total. The maximum Gasteiger partial charge on any atom is 0.267 e. The van der Waals surface area contributed by atoms with Crippen molar-refractivity contribution in [2.75, 3.05) is 23.3 Å².